The van der Waals surface area contributed by atoms with Crippen LogP contribution in [0.25, 0.3) is 0 Å². The van der Waals surface area contributed by atoms with Gasteiger partial charge in [0.1, 0.15) is 0 Å². The van der Waals surface area contributed by atoms with Gasteiger partial charge < -0.3 is 0 Å². The van der Waals surface area contributed by atoms with Crippen LogP contribution in [0, 0.1) is 6.92 Å². The summed E-state index contributed by atoms with van der Waals surface area (Å²) in [4.78, 5) is 16.0. The first-order valence-corrected chi connectivity index (χ1v) is 6.02. The van der Waals surface area contributed by atoms with Crippen LogP contribution >= 0.6 is 11.8 Å². The molecule has 0 fully saturated rings. The van der Waals surface area contributed by atoms with E-state index in [0.29, 0.717) is 0 Å². The number of amides is 1. The first kappa shape index (κ1) is 14.8. The van der Waals surface area contributed by atoms with Crippen molar-refractivity contribution >= 4 is 17.7 Å². The molecule has 0 saturated heterocycles. The molecular weight excluding hydrogens is 267 g/mol. The summed E-state index contributed by atoms with van der Waals surface area (Å²) < 4.78 is 35.1. The minimum absolute atomic E-state index is 0.000911. The van der Waals surface area contributed by atoms with Gasteiger partial charge in [0.25, 0.3) is 5.91 Å². The summed E-state index contributed by atoms with van der Waals surface area (Å²) in [6, 6.07) is 7.45. The maximum Gasteiger partial charge on any atom is 0.414 e. The Bertz CT molecular complexity index is 392. The number of nitrogens with one attached hydrogen (secondary N) is 1. The molecule has 1 N–H and O–H groups in total. The summed E-state index contributed by atoms with van der Waals surface area (Å²) in [6.07, 6.45) is -4.45. The lowest BCUT2D eigenvalue weighted by atomic mass is 10.2. The van der Waals surface area contributed by atoms with Gasteiger partial charge in [0.2, 0.25) is 0 Å². The first-order chi connectivity index (χ1) is 8.37. The zero-order chi connectivity index (χ0) is 13.6. The van der Waals surface area contributed by atoms with E-state index < -0.39 is 18.7 Å². The minimum atomic E-state index is -4.45. The van der Waals surface area contributed by atoms with Crippen LogP contribution in [-0.4, -0.2) is 24.4 Å². The summed E-state index contributed by atoms with van der Waals surface area (Å²) in [5.41, 5.74) is 2.84. The topological polar surface area (TPSA) is 38.3 Å². The fraction of sp³-hybridized carbons (Fsp3) is 0.364. The highest BCUT2D eigenvalue weighted by Gasteiger charge is 2.28. The average Bonchev–Trinajstić information content (AvgIpc) is 2.26. The standard InChI is InChI=1S/C11H12F3NO2S/c1-8-2-4-9(5-3-8)18-6-10(16)15-17-7-11(12,13)14/h2-5H,6-7H2,1H3,(H,15,16). The zero-order valence-electron chi connectivity index (χ0n) is 9.58. The number of hydrogen-bond donors (Lipinski definition) is 1. The molecule has 7 heteroatoms. The van der Waals surface area contributed by atoms with Crippen molar-refractivity contribution in [2.24, 2.45) is 0 Å². The fourth-order valence-corrected chi connectivity index (χ4v) is 1.70. The third-order valence-electron chi connectivity index (χ3n) is 1.81. The number of halogens is 3. The number of carbonyl (C=O) groups excluding carboxylic acids is 1. The lowest BCUT2D eigenvalue weighted by Gasteiger charge is -2.08. The average molecular weight is 279 g/mol. The van der Waals surface area contributed by atoms with Gasteiger partial charge in [0.05, 0.1) is 5.75 Å². The molecule has 0 aliphatic carbocycles. The van der Waals surface area contributed by atoms with Gasteiger partial charge in [-0.3, -0.25) is 9.63 Å². The van der Waals surface area contributed by atoms with Crippen molar-refractivity contribution < 1.29 is 22.8 Å². The molecule has 0 aromatic heterocycles. The van der Waals surface area contributed by atoms with Crippen molar-refractivity contribution in [1.82, 2.24) is 5.48 Å². The molecule has 0 atom stereocenters. The molecule has 0 spiro atoms. The quantitative estimate of drug-likeness (QED) is 0.665. The van der Waals surface area contributed by atoms with Crippen LogP contribution in [0.15, 0.2) is 29.2 Å². The highest BCUT2D eigenvalue weighted by Crippen LogP contribution is 2.18. The highest BCUT2D eigenvalue weighted by molar-refractivity contribution is 8.00. The van der Waals surface area contributed by atoms with Gasteiger partial charge in [-0.15, -0.1) is 11.8 Å². The van der Waals surface area contributed by atoms with Crippen molar-refractivity contribution in [2.45, 2.75) is 18.0 Å². The molecule has 0 radical (unpaired) electrons. The summed E-state index contributed by atoms with van der Waals surface area (Å²) in [5.74, 6) is -0.606. The van der Waals surface area contributed by atoms with E-state index in [1.807, 2.05) is 31.2 Å². The Hall–Kier alpha value is -1.21. The lowest BCUT2D eigenvalue weighted by molar-refractivity contribution is -0.191. The second kappa shape index (κ2) is 6.65. The molecular formula is C11H12F3NO2S. The number of thioether (sulfide) groups is 1. The minimum Gasteiger partial charge on any atom is -0.272 e. The van der Waals surface area contributed by atoms with E-state index in [9.17, 15) is 18.0 Å². The maximum atomic E-state index is 11.7. The van der Waals surface area contributed by atoms with Gasteiger partial charge >= 0.3 is 6.18 Å². The molecule has 0 bridgehead atoms. The van der Waals surface area contributed by atoms with Crippen molar-refractivity contribution in [1.29, 1.82) is 0 Å². The molecule has 0 unspecified atom stereocenters. The molecule has 18 heavy (non-hydrogen) atoms. The van der Waals surface area contributed by atoms with Gasteiger partial charge in [-0.05, 0) is 19.1 Å². The highest BCUT2D eigenvalue weighted by atomic mass is 32.2. The Morgan fingerprint density at radius 2 is 1.94 bits per heavy atom. The predicted octanol–water partition coefficient (Wildman–Crippen LogP) is 2.70. The van der Waals surface area contributed by atoms with E-state index >= 15 is 0 Å². The van der Waals surface area contributed by atoms with E-state index in [4.69, 9.17) is 0 Å². The number of alkyl halides is 3. The summed E-state index contributed by atoms with van der Waals surface area (Å²) in [6.45, 7) is 0.445. The van der Waals surface area contributed by atoms with Crippen molar-refractivity contribution in [3.8, 4) is 0 Å². The van der Waals surface area contributed by atoms with Crippen LogP contribution in [0.2, 0.25) is 0 Å². The molecule has 0 aliphatic rings. The van der Waals surface area contributed by atoms with Crippen LogP contribution in [-0.2, 0) is 9.63 Å². The van der Waals surface area contributed by atoms with Crippen LogP contribution in [0.5, 0.6) is 0 Å². The number of benzene rings is 1. The van der Waals surface area contributed by atoms with Gasteiger partial charge in [-0.2, -0.15) is 13.2 Å². The lowest BCUT2D eigenvalue weighted by Crippen LogP contribution is -2.30. The number of aryl methyl sites for hydroxylation is 1. The third kappa shape index (κ3) is 6.51. The molecule has 1 aromatic rings. The second-order valence-electron chi connectivity index (χ2n) is 3.53. The monoisotopic (exact) mass is 279 g/mol. The Morgan fingerprint density at radius 3 is 2.50 bits per heavy atom. The Morgan fingerprint density at radius 1 is 1.33 bits per heavy atom. The van der Waals surface area contributed by atoms with E-state index in [-0.39, 0.29) is 5.75 Å². The van der Waals surface area contributed by atoms with E-state index in [1.54, 1.807) is 5.48 Å². The first-order valence-electron chi connectivity index (χ1n) is 5.04. The number of rotatable bonds is 5. The predicted molar refractivity (Wildman–Crippen MR) is 62.1 cm³/mol. The van der Waals surface area contributed by atoms with Gasteiger partial charge in [-0.25, -0.2) is 5.48 Å². The number of carbonyl (C=O) groups is 1. The Kier molecular flexibility index (Phi) is 5.49. The second-order valence-corrected chi connectivity index (χ2v) is 4.58. The summed E-state index contributed by atoms with van der Waals surface area (Å²) in [7, 11) is 0. The molecule has 0 heterocycles. The Balaban J connectivity index is 2.23. The van der Waals surface area contributed by atoms with Crippen LogP contribution in [0.1, 0.15) is 5.56 Å². The van der Waals surface area contributed by atoms with Gasteiger partial charge in [-0.1, -0.05) is 17.7 Å². The molecule has 0 aliphatic heterocycles. The molecule has 1 amide bonds. The van der Waals surface area contributed by atoms with E-state index in [0.717, 1.165) is 10.5 Å². The summed E-state index contributed by atoms with van der Waals surface area (Å²) in [5, 5.41) is 0. The van der Waals surface area contributed by atoms with Crippen LogP contribution < -0.4 is 5.48 Å². The van der Waals surface area contributed by atoms with Crippen molar-refractivity contribution in [3.05, 3.63) is 29.8 Å². The number of hydrogen-bond acceptors (Lipinski definition) is 3. The maximum absolute atomic E-state index is 11.7. The normalized spacial score (nSPS) is 11.3. The van der Waals surface area contributed by atoms with Crippen molar-refractivity contribution in [2.75, 3.05) is 12.4 Å². The largest absolute Gasteiger partial charge is 0.414 e. The van der Waals surface area contributed by atoms with E-state index in [2.05, 4.69) is 4.84 Å². The number of hydroxylamine groups is 1. The van der Waals surface area contributed by atoms with E-state index in [1.165, 1.54) is 11.8 Å². The molecule has 1 rings (SSSR count). The van der Waals surface area contributed by atoms with Crippen LogP contribution in [0.4, 0.5) is 13.2 Å². The molecule has 0 saturated carbocycles. The SMILES string of the molecule is Cc1ccc(SCC(=O)NOCC(F)(F)F)cc1. The summed E-state index contributed by atoms with van der Waals surface area (Å²) >= 11 is 1.22. The van der Waals surface area contributed by atoms with Crippen molar-refractivity contribution in [3.63, 3.8) is 0 Å². The third-order valence-corrected chi connectivity index (χ3v) is 2.82. The molecule has 1 aromatic carbocycles. The van der Waals surface area contributed by atoms with Crippen LogP contribution in [0.3, 0.4) is 0 Å². The van der Waals surface area contributed by atoms with Gasteiger partial charge in [0, 0.05) is 4.90 Å². The zero-order valence-corrected chi connectivity index (χ0v) is 10.4. The molecule has 3 nitrogen and oxygen atoms in total. The Labute approximate surface area is 107 Å². The molecule has 100 valence electrons. The van der Waals surface area contributed by atoms with Gasteiger partial charge in [0.15, 0.2) is 6.61 Å². The fourth-order valence-electron chi connectivity index (χ4n) is 1.01. The smallest absolute Gasteiger partial charge is 0.272 e.